The van der Waals surface area contributed by atoms with Crippen LogP contribution in [0.25, 0.3) is 0 Å². The van der Waals surface area contributed by atoms with Crippen molar-refractivity contribution in [1.82, 2.24) is 24.8 Å². The van der Waals surface area contributed by atoms with E-state index in [1.165, 1.54) is 0 Å². The molecule has 0 bridgehead atoms. The predicted molar refractivity (Wildman–Crippen MR) is 106 cm³/mol. The Hall–Kier alpha value is -3.03. The van der Waals surface area contributed by atoms with Crippen molar-refractivity contribution in [3.63, 3.8) is 0 Å². The van der Waals surface area contributed by atoms with E-state index in [9.17, 15) is 14.4 Å². The molecule has 4 heterocycles. The van der Waals surface area contributed by atoms with Gasteiger partial charge in [0.1, 0.15) is 5.82 Å². The smallest absolute Gasteiger partial charge is 0.255 e. The van der Waals surface area contributed by atoms with Crippen LogP contribution in [0, 0.1) is 0 Å². The fourth-order valence-electron chi connectivity index (χ4n) is 4.18. The van der Waals surface area contributed by atoms with Crippen molar-refractivity contribution in [2.75, 3.05) is 13.1 Å². The molecule has 0 unspecified atom stereocenters. The zero-order valence-corrected chi connectivity index (χ0v) is 16.6. The summed E-state index contributed by atoms with van der Waals surface area (Å²) in [6, 6.07) is 3.26. The number of amides is 2. The molecule has 29 heavy (non-hydrogen) atoms. The molecule has 1 saturated heterocycles. The van der Waals surface area contributed by atoms with Gasteiger partial charge in [-0.05, 0) is 37.8 Å². The lowest BCUT2D eigenvalue weighted by molar-refractivity contribution is -0.134. The standard InChI is InChI=1S/C21H25N5O3/c1-2-18(27)26-10-4-3-7-17(26)19-23-16-13-25(11-8-15(16)20(28)24-19)21(29)14-6-5-9-22-12-14/h5-6,9,12,17H,2-4,7-8,10-11,13H2,1H3,(H,23,24,28)/t17-/m1/s1. The van der Waals surface area contributed by atoms with E-state index in [0.29, 0.717) is 48.6 Å². The number of likely N-dealkylation sites (tertiary alicyclic amines) is 1. The summed E-state index contributed by atoms with van der Waals surface area (Å²) in [5.74, 6) is 0.488. The second kappa shape index (κ2) is 8.14. The van der Waals surface area contributed by atoms with E-state index in [1.54, 1.807) is 29.4 Å². The Labute approximate surface area is 169 Å². The van der Waals surface area contributed by atoms with Crippen LogP contribution in [0.3, 0.4) is 0 Å². The summed E-state index contributed by atoms with van der Waals surface area (Å²) in [7, 11) is 0. The Bertz CT molecular complexity index is 972. The second-order valence-corrected chi connectivity index (χ2v) is 7.55. The summed E-state index contributed by atoms with van der Waals surface area (Å²) in [5.41, 5.74) is 1.62. The molecule has 8 nitrogen and oxygen atoms in total. The fraction of sp³-hybridized carbons (Fsp3) is 0.476. The van der Waals surface area contributed by atoms with Crippen molar-refractivity contribution in [1.29, 1.82) is 0 Å². The minimum atomic E-state index is -0.210. The van der Waals surface area contributed by atoms with Crippen LogP contribution >= 0.6 is 0 Å². The van der Waals surface area contributed by atoms with Crippen LogP contribution in [0.2, 0.25) is 0 Å². The molecule has 0 aliphatic carbocycles. The topological polar surface area (TPSA) is 99.3 Å². The molecule has 2 aliphatic heterocycles. The molecule has 0 saturated carbocycles. The minimum absolute atomic E-state index is 0.0726. The van der Waals surface area contributed by atoms with Crippen LogP contribution in [0.4, 0.5) is 0 Å². The molecule has 0 spiro atoms. The van der Waals surface area contributed by atoms with Crippen LogP contribution in [-0.2, 0) is 17.8 Å². The van der Waals surface area contributed by atoms with Gasteiger partial charge in [0.15, 0.2) is 0 Å². The summed E-state index contributed by atoms with van der Waals surface area (Å²) < 4.78 is 0. The lowest BCUT2D eigenvalue weighted by atomic mass is 9.99. The van der Waals surface area contributed by atoms with Crippen molar-refractivity contribution in [3.05, 3.63) is 57.5 Å². The van der Waals surface area contributed by atoms with Gasteiger partial charge >= 0.3 is 0 Å². The highest BCUT2D eigenvalue weighted by Crippen LogP contribution is 2.30. The van der Waals surface area contributed by atoms with Crippen LogP contribution in [-0.4, -0.2) is 49.7 Å². The number of carbonyl (C=O) groups excluding carboxylic acids is 2. The van der Waals surface area contributed by atoms with Crippen molar-refractivity contribution >= 4 is 11.8 Å². The van der Waals surface area contributed by atoms with Gasteiger partial charge in [-0.3, -0.25) is 19.4 Å². The average Bonchev–Trinajstić information content (AvgIpc) is 2.78. The molecule has 1 atom stereocenters. The maximum atomic E-state index is 12.8. The maximum absolute atomic E-state index is 12.8. The summed E-state index contributed by atoms with van der Waals surface area (Å²) >= 11 is 0. The number of piperidine rings is 1. The molecule has 1 N–H and O–H groups in total. The molecular formula is C21H25N5O3. The van der Waals surface area contributed by atoms with E-state index in [1.807, 2.05) is 11.8 Å². The van der Waals surface area contributed by atoms with E-state index in [4.69, 9.17) is 4.98 Å². The number of hydrogen-bond acceptors (Lipinski definition) is 5. The Morgan fingerprint density at radius 1 is 1.28 bits per heavy atom. The van der Waals surface area contributed by atoms with Gasteiger partial charge in [0.2, 0.25) is 5.91 Å². The molecule has 152 valence electrons. The van der Waals surface area contributed by atoms with Gasteiger partial charge in [-0.25, -0.2) is 4.98 Å². The number of pyridine rings is 1. The molecule has 2 amide bonds. The number of aromatic amines is 1. The average molecular weight is 395 g/mol. The van der Waals surface area contributed by atoms with Crippen molar-refractivity contribution in [3.8, 4) is 0 Å². The molecule has 2 aromatic rings. The van der Waals surface area contributed by atoms with Crippen LogP contribution in [0.15, 0.2) is 29.3 Å². The molecule has 2 aromatic heterocycles. The Morgan fingerprint density at radius 2 is 2.14 bits per heavy atom. The first-order valence-electron chi connectivity index (χ1n) is 10.2. The lowest BCUT2D eigenvalue weighted by Gasteiger charge is -2.35. The highest BCUT2D eigenvalue weighted by atomic mass is 16.2. The first-order valence-corrected chi connectivity index (χ1v) is 10.2. The number of aromatic nitrogens is 3. The molecule has 1 fully saturated rings. The largest absolute Gasteiger partial charge is 0.333 e. The van der Waals surface area contributed by atoms with Gasteiger partial charge < -0.3 is 14.8 Å². The van der Waals surface area contributed by atoms with Gasteiger partial charge in [0, 0.05) is 37.5 Å². The zero-order valence-electron chi connectivity index (χ0n) is 16.6. The van der Waals surface area contributed by atoms with Gasteiger partial charge in [0.25, 0.3) is 11.5 Å². The highest BCUT2D eigenvalue weighted by Gasteiger charge is 2.31. The minimum Gasteiger partial charge on any atom is -0.333 e. The molecule has 8 heteroatoms. The number of nitrogens with zero attached hydrogens (tertiary/aromatic N) is 4. The third-order valence-corrected chi connectivity index (χ3v) is 5.73. The van der Waals surface area contributed by atoms with Gasteiger partial charge in [-0.15, -0.1) is 0 Å². The van der Waals surface area contributed by atoms with E-state index in [0.717, 1.165) is 19.3 Å². The third kappa shape index (κ3) is 3.79. The van der Waals surface area contributed by atoms with Crippen molar-refractivity contribution in [2.45, 2.75) is 51.6 Å². The lowest BCUT2D eigenvalue weighted by Crippen LogP contribution is -2.42. The van der Waals surface area contributed by atoms with E-state index >= 15 is 0 Å². The van der Waals surface area contributed by atoms with Gasteiger partial charge in [0.05, 0.1) is 23.8 Å². The van der Waals surface area contributed by atoms with Crippen LogP contribution in [0.5, 0.6) is 0 Å². The monoisotopic (exact) mass is 395 g/mol. The quantitative estimate of drug-likeness (QED) is 0.855. The summed E-state index contributed by atoms with van der Waals surface area (Å²) in [4.78, 5) is 53.0. The molecule has 4 rings (SSSR count). The Morgan fingerprint density at radius 3 is 2.90 bits per heavy atom. The van der Waals surface area contributed by atoms with Crippen LogP contribution < -0.4 is 5.56 Å². The van der Waals surface area contributed by atoms with Gasteiger partial charge in [-0.1, -0.05) is 6.92 Å². The predicted octanol–water partition coefficient (Wildman–Crippen LogP) is 1.83. The summed E-state index contributed by atoms with van der Waals surface area (Å²) in [6.45, 7) is 3.28. The Balaban J connectivity index is 1.63. The number of rotatable bonds is 3. The molecule has 0 aromatic carbocycles. The normalized spacial score (nSPS) is 19.0. The number of H-pyrrole nitrogens is 1. The van der Waals surface area contributed by atoms with E-state index < -0.39 is 0 Å². The molecule has 0 radical (unpaired) electrons. The summed E-state index contributed by atoms with van der Waals surface area (Å²) in [5, 5.41) is 0. The SMILES string of the molecule is CCC(=O)N1CCCC[C@@H]1c1nc2c(c(=O)[nH]1)CCN(C(=O)c1cccnc1)C2. The molecule has 2 aliphatic rings. The first-order chi connectivity index (χ1) is 14.1. The number of carbonyl (C=O) groups is 2. The van der Waals surface area contributed by atoms with E-state index in [-0.39, 0.29) is 30.0 Å². The maximum Gasteiger partial charge on any atom is 0.255 e. The first kappa shape index (κ1) is 19.3. The number of fused-ring (bicyclic) bond motifs is 1. The second-order valence-electron chi connectivity index (χ2n) is 7.55. The Kier molecular flexibility index (Phi) is 5.42. The zero-order chi connectivity index (χ0) is 20.4. The van der Waals surface area contributed by atoms with Gasteiger partial charge in [-0.2, -0.15) is 0 Å². The fourth-order valence-corrected chi connectivity index (χ4v) is 4.18. The number of nitrogens with one attached hydrogen (secondary N) is 1. The van der Waals surface area contributed by atoms with Crippen LogP contribution in [0.1, 0.15) is 66.1 Å². The highest BCUT2D eigenvalue weighted by molar-refractivity contribution is 5.94. The van der Waals surface area contributed by atoms with E-state index in [2.05, 4.69) is 9.97 Å². The summed E-state index contributed by atoms with van der Waals surface area (Å²) in [6.07, 6.45) is 6.81. The molecular weight excluding hydrogens is 370 g/mol. The van der Waals surface area contributed by atoms with Crippen molar-refractivity contribution < 1.29 is 9.59 Å². The van der Waals surface area contributed by atoms with Crippen molar-refractivity contribution in [2.24, 2.45) is 0 Å². The number of hydrogen-bond donors (Lipinski definition) is 1. The third-order valence-electron chi connectivity index (χ3n) is 5.73.